The number of amides is 1. The molecule has 1 aromatic rings. The molecule has 0 spiro atoms. The van der Waals surface area contributed by atoms with Crippen molar-refractivity contribution in [2.24, 2.45) is 5.73 Å². The summed E-state index contributed by atoms with van der Waals surface area (Å²) in [7, 11) is -3.40. The van der Waals surface area contributed by atoms with Crippen LogP contribution in [0.2, 0.25) is 0 Å². The van der Waals surface area contributed by atoms with E-state index in [9.17, 15) is 13.2 Å². The number of likely N-dealkylation sites (tertiary alicyclic amines) is 1. The Labute approximate surface area is 148 Å². The van der Waals surface area contributed by atoms with Crippen LogP contribution in [0, 0.1) is 0 Å². The molecule has 2 heterocycles. The molecule has 2 saturated heterocycles. The van der Waals surface area contributed by atoms with Gasteiger partial charge in [-0.3, -0.25) is 4.79 Å². The second-order valence-corrected chi connectivity index (χ2v) is 8.73. The highest BCUT2D eigenvalue weighted by atomic mass is 32.2. The number of piperazine rings is 1. The molecule has 2 atom stereocenters. The van der Waals surface area contributed by atoms with Crippen molar-refractivity contribution >= 4 is 21.4 Å². The maximum absolute atomic E-state index is 12.4. The van der Waals surface area contributed by atoms with Crippen LogP contribution < -0.4 is 15.4 Å². The molecule has 138 valence electrons. The minimum absolute atomic E-state index is 0.0488. The van der Waals surface area contributed by atoms with Gasteiger partial charge >= 0.3 is 0 Å². The van der Waals surface area contributed by atoms with Crippen LogP contribution in [0.25, 0.3) is 0 Å². The first-order valence-corrected chi connectivity index (χ1v) is 10.4. The predicted octanol–water partition coefficient (Wildman–Crippen LogP) is 0.248. The van der Waals surface area contributed by atoms with E-state index in [1.54, 1.807) is 4.90 Å². The normalized spacial score (nSPS) is 22.5. The summed E-state index contributed by atoms with van der Waals surface area (Å²) in [6.45, 7) is 3.95. The summed E-state index contributed by atoms with van der Waals surface area (Å²) in [5, 5.41) is 0. The third-order valence-corrected chi connectivity index (χ3v) is 6.36. The average Bonchev–Trinajstić information content (AvgIpc) is 3.16. The summed E-state index contributed by atoms with van der Waals surface area (Å²) in [4.78, 5) is 16.4. The van der Waals surface area contributed by atoms with Crippen LogP contribution in [0.4, 0.5) is 5.69 Å². The van der Waals surface area contributed by atoms with Gasteiger partial charge in [-0.15, -0.1) is 0 Å². The Hall–Kier alpha value is -1.80. The number of hydrogen-bond acceptors (Lipinski definition) is 6. The zero-order valence-corrected chi connectivity index (χ0v) is 15.2. The fourth-order valence-electron chi connectivity index (χ4n) is 3.71. The third kappa shape index (κ3) is 3.90. The molecule has 25 heavy (non-hydrogen) atoms. The Bertz CT molecular complexity index is 720. The lowest BCUT2D eigenvalue weighted by Gasteiger charge is -2.35. The SMILES string of the molecule is CCOc1ccc(N2C[C@@H]3C[C@H]2CN3C(=O)CS(=O)(=O)CCN)cc1. The van der Waals surface area contributed by atoms with Gasteiger partial charge in [0.2, 0.25) is 5.91 Å². The zero-order valence-electron chi connectivity index (χ0n) is 14.4. The Kier molecular flexibility index (Phi) is 5.19. The standard InChI is InChI=1S/C17H25N3O4S/c1-2-24-16-5-3-13(4-6-16)19-10-15-9-14(19)11-20(15)17(21)12-25(22,23)8-7-18/h3-6,14-15H,2,7-12,18H2,1H3/t14-,15-/m0/s1. The lowest BCUT2D eigenvalue weighted by atomic mass is 10.2. The molecule has 1 aromatic carbocycles. The fraction of sp³-hybridized carbons (Fsp3) is 0.588. The van der Waals surface area contributed by atoms with Crippen molar-refractivity contribution in [3.8, 4) is 5.75 Å². The first-order chi connectivity index (χ1) is 11.9. The number of fused-ring (bicyclic) bond motifs is 2. The average molecular weight is 367 g/mol. The molecular weight excluding hydrogens is 342 g/mol. The second-order valence-electron chi connectivity index (χ2n) is 6.55. The number of rotatable bonds is 7. The van der Waals surface area contributed by atoms with E-state index in [-0.39, 0.29) is 30.3 Å². The van der Waals surface area contributed by atoms with Gasteiger partial charge in [-0.05, 0) is 37.6 Å². The minimum Gasteiger partial charge on any atom is -0.494 e. The van der Waals surface area contributed by atoms with Crippen LogP contribution in [0.1, 0.15) is 13.3 Å². The maximum Gasteiger partial charge on any atom is 0.238 e. The Morgan fingerprint density at radius 2 is 1.96 bits per heavy atom. The van der Waals surface area contributed by atoms with Crippen LogP contribution in [-0.2, 0) is 14.6 Å². The van der Waals surface area contributed by atoms with Crippen molar-refractivity contribution in [2.75, 3.05) is 42.6 Å². The van der Waals surface area contributed by atoms with Gasteiger partial charge in [-0.2, -0.15) is 0 Å². The number of hydrogen-bond donors (Lipinski definition) is 1. The highest BCUT2D eigenvalue weighted by Gasteiger charge is 2.45. The number of ether oxygens (including phenoxy) is 1. The van der Waals surface area contributed by atoms with Crippen LogP contribution >= 0.6 is 0 Å². The van der Waals surface area contributed by atoms with E-state index in [1.165, 1.54) is 0 Å². The molecule has 0 radical (unpaired) electrons. The molecule has 2 N–H and O–H groups in total. The van der Waals surface area contributed by atoms with Gasteiger partial charge in [-0.25, -0.2) is 8.42 Å². The number of benzene rings is 1. The smallest absolute Gasteiger partial charge is 0.238 e. The topological polar surface area (TPSA) is 92.9 Å². The largest absolute Gasteiger partial charge is 0.494 e. The summed E-state index contributed by atoms with van der Waals surface area (Å²) in [5.74, 6) is -0.0278. The van der Waals surface area contributed by atoms with Gasteiger partial charge in [0.05, 0.1) is 18.4 Å². The number of carbonyl (C=O) groups is 1. The van der Waals surface area contributed by atoms with Gasteiger partial charge in [0, 0.05) is 31.4 Å². The van der Waals surface area contributed by atoms with E-state index in [0.717, 1.165) is 24.4 Å². The summed E-state index contributed by atoms with van der Waals surface area (Å²) >= 11 is 0. The lowest BCUT2D eigenvalue weighted by Crippen LogP contribution is -2.50. The number of nitrogens with two attached hydrogens (primary N) is 1. The fourth-order valence-corrected chi connectivity index (χ4v) is 4.76. The number of anilines is 1. The Morgan fingerprint density at radius 3 is 2.52 bits per heavy atom. The van der Waals surface area contributed by atoms with Gasteiger partial charge < -0.3 is 20.3 Å². The van der Waals surface area contributed by atoms with E-state index in [2.05, 4.69) is 4.90 Å². The quantitative estimate of drug-likeness (QED) is 0.743. The number of carbonyl (C=O) groups excluding carboxylic acids is 1. The number of nitrogens with zero attached hydrogens (tertiary/aromatic N) is 2. The molecule has 8 heteroatoms. The van der Waals surface area contributed by atoms with Crippen molar-refractivity contribution in [1.29, 1.82) is 0 Å². The predicted molar refractivity (Wildman–Crippen MR) is 96.6 cm³/mol. The molecule has 2 bridgehead atoms. The van der Waals surface area contributed by atoms with E-state index in [0.29, 0.717) is 13.2 Å². The van der Waals surface area contributed by atoms with Crippen molar-refractivity contribution in [3.05, 3.63) is 24.3 Å². The van der Waals surface area contributed by atoms with Crippen molar-refractivity contribution in [1.82, 2.24) is 4.90 Å². The molecule has 0 aromatic heterocycles. The Balaban J connectivity index is 1.61. The molecule has 2 fully saturated rings. The van der Waals surface area contributed by atoms with Crippen LogP contribution in [0.15, 0.2) is 24.3 Å². The molecule has 0 saturated carbocycles. The third-order valence-electron chi connectivity index (χ3n) is 4.81. The van der Waals surface area contributed by atoms with E-state index >= 15 is 0 Å². The molecule has 2 aliphatic rings. The summed E-state index contributed by atoms with van der Waals surface area (Å²) in [6.07, 6.45) is 0.885. The lowest BCUT2D eigenvalue weighted by molar-refractivity contribution is -0.129. The highest BCUT2D eigenvalue weighted by molar-refractivity contribution is 7.92. The first-order valence-electron chi connectivity index (χ1n) is 8.63. The van der Waals surface area contributed by atoms with Crippen molar-refractivity contribution in [2.45, 2.75) is 25.4 Å². The zero-order chi connectivity index (χ0) is 18.0. The number of sulfone groups is 1. The van der Waals surface area contributed by atoms with Gasteiger partial charge in [0.15, 0.2) is 9.84 Å². The molecule has 2 aliphatic heterocycles. The van der Waals surface area contributed by atoms with E-state index < -0.39 is 15.6 Å². The summed E-state index contributed by atoms with van der Waals surface area (Å²) < 4.78 is 29.1. The summed E-state index contributed by atoms with van der Waals surface area (Å²) in [6, 6.07) is 8.29. The molecule has 0 aliphatic carbocycles. The maximum atomic E-state index is 12.4. The highest BCUT2D eigenvalue weighted by Crippen LogP contribution is 2.35. The first kappa shape index (κ1) is 18.0. The minimum atomic E-state index is -3.40. The van der Waals surface area contributed by atoms with Crippen molar-refractivity contribution < 1.29 is 17.9 Å². The molecule has 3 rings (SSSR count). The monoisotopic (exact) mass is 367 g/mol. The molecule has 1 amide bonds. The van der Waals surface area contributed by atoms with Crippen LogP contribution in [0.3, 0.4) is 0 Å². The second kappa shape index (κ2) is 7.21. The van der Waals surface area contributed by atoms with Gasteiger partial charge in [-0.1, -0.05) is 0 Å². The molecule has 0 unspecified atom stereocenters. The van der Waals surface area contributed by atoms with Crippen LogP contribution in [-0.4, -0.2) is 69.1 Å². The summed E-state index contributed by atoms with van der Waals surface area (Å²) in [5.41, 5.74) is 6.41. The molecular formula is C17H25N3O4S. The van der Waals surface area contributed by atoms with Gasteiger partial charge in [0.1, 0.15) is 11.5 Å². The van der Waals surface area contributed by atoms with Gasteiger partial charge in [0.25, 0.3) is 0 Å². The van der Waals surface area contributed by atoms with Crippen molar-refractivity contribution in [3.63, 3.8) is 0 Å². The Morgan fingerprint density at radius 1 is 1.24 bits per heavy atom. The molecule has 7 nitrogen and oxygen atoms in total. The van der Waals surface area contributed by atoms with E-state index in [1.807, 2.05) is 31.2 Å². The van der Waals surface area contributed by atoms with E-state index in [4.69, 9.17) is 10.5 Å². The van der Waals surface area contributed by atoms with Crippen LogP contribution in [0.5, 0.6) is 5.75 Å².